The first kappa shape index (κ1) is 22.1. The Labute approximate surface area is 186 Å². The molecule has 0 bridgehead atoms. The number of nitrogens with zero attached hydrogens (tertiary/aromatic N) is 3. The number of hydrogen-bond donors (Lipinski definition) is 0. The van der Waals surface area contributed by atoms with Crippen LogP contribution >= 0.6 is 11.6 Å². The van der Waals surface area contributed by atoms with Crippen molar-refractivity contribution in [2.24, 2.45) is 0 Å². The molecule has 0 heterocycles. The van der Waals surface area contributed by atoms with E-state index in [0.29, 0.717) is 21.7 Å². The summed E-state index contributed by atoms with van der Waals surface area (Å²) in [6, 6.07) is 17.5. The summed E-state index contributed by atoms with van der Waals surface area (Å²) in [6.45, 7) is 0. The summed E-state index contributed by atoms with van der Waals surface area (Å²) in [5, 5.41) is 32.0. The van der Waals surface area contributed by atoms with Gasteiger partial charge in [0.15, 0.2) is 0 Å². The number of hydrogen-bond acceptors (Lipinski definition) is 7. The lowest BCUT2D eigenvalue weighted by molar-refractivity contribution is -0.394. The Morgan fingerprint density at radius 2 is 1.56 bits per heavy atom. The van der Waals surface area contributed by atoms with Crippen molar-refractivity contribution in [3.63, 3.8) is 0 Å². The van der Waals surface area contributed by atoms with E-state index >= 15 is 0 Å². The van der Waals surface area contributed by atoms with Gasteiger partial charge in [-0.2, -0.15) is 5.26 Å². The molecule has 0 saturated heterocycles. The van der Waals surface area contributed by atoms with Crippen LogP contribution in [0.1, 0.15) is 21.5 Å². The van der Waals surface area contributed by atoms with Crippen LogP contribution in [0.3, 0.4) is 0 Å². The maximum Gasteiger partial charge on any atom is 0.344 e. The number of benzene rings is 3. The number of allylic oxidation sites excluding steroid dienone is 1. The zero-order valence-electron chi connectivity index (χ0n) is 16.1. The van der Waals surface area contributed by atoms with Gasteiger partial charge in [-0.25, -0.2) is 4.79 Å². The van der Waals surface area contributed by atoms with Crippen LogP contribution in [0.4, 0.5) is 11.4 Å². The van der Waals surface area contributed by atoms with Crippen LogP contribution < -0.4 is 4.74 Å². The van der Waals surface area contributed by atoms with Gasteiger partial charge >= 0.3 is 5.97 Å². The minimum atomic E-state index is -1.00. The van der Waals surface area contributed by atoms with E-state index in [1.165, 1.54) is 12.1 Å². The fourth-order valence-electron chi connectivity index (χ4n) is 2.73. The molecule has 3 aromatic carbocycles. The van der Waals surface area contributed by atoms with E-state index in [1.807, 2.05) is 0 Å². The summed E-state index contributed by atoms with van der Waals surface area (Å²) < 4.78 is 5.23. The van der Waals surface area contributed by atoms with Gasteiger partial charge in [-0.1, -0.05) is 35.9 Å². The van der Waals surface area contributed by atoms with Gasteiger partial charge in [-0.3, -0.25) is 20.2 Å². The van der Waals surface area contributed by atoms with Crippen molar-refractivity contribution in [1.29, 1.82) is 5.26 Å². The molecule has 32 heavy (non-hydrogen) atoms. The summed E-state index contributed by atoms with van der Waals surface area (Å²) in [7, 11) is 0. The third-order valence-corrected chi connectivity index (χ3v) is 4.47. The molecule has 0 aliphatic rings. The van der Waals surface area contributed by atoms with Crippen LogP contribution in [0.2, 0.25) is 5.02 Å². The van der Waals surface area contributed by atoms with Gasteiger partial charge in [-0.15, -0.1) is 0 Å². The molecule has 0 saturated carbocycles. The summed E-state index contributed by atoms with van der Waals surface area (Å²) in [4.78, 5) is 32.8. The average molecular weight is 450 g/mol. The zero-order chi connectivity index (χ0) is 23.3. The first-order valence-electron chi connectivity index (χ1n) is 8.90. The molecule has 0 fully saturated rings. The van der Waals surface area contributed by atoms with E-state index in [1.54, 1.807) is 42.5 Å². The van der Waals surface area contributed by atoms with Crippen molar-refractivity contribution in [1.82, 2.24) is 0 Å². The topological polar surface area (TPSA) is 136 Å². The van der Waals surface area contributed by atoms with E-state index in [9.17, 15) is 30.3 Å². The quantitative estimate of drug-likeness (QED) is 0.122. The number of esters is 1. The Bertz CT molecular complexity index is 1260. The molecule has 0 N–H and O–H groups in total. The fourth-order valence-corrected chi connectivity index (χ4v) is 2.86. The predicted octanol–water partition coefficient (Wildman–Crippen LogP) is 5.44. The average Bonchev–Trinajstić information content (AvgIpc) is 2.78. The van der Waals surface area contributed by atoms with Crippen LogP contribution in [0.15, 0.2) is 66.7 Å². The van der Waals surface area contributed by atoms with Gasteiger partial charge in [-0.05, 0) is 41.5 Å². The molecule has 3 rings (SSSR count). The molecule has 9 nitrogen and oxygen atoms in total. The Balaban J connectivity index is 1.88. The van der Waals surface area contributed by atoms with Crippen LogP contribution in [-0.4, -0.2) is 15.8 Å². The van der Waals surface area contributed by atoms with E-state index < -0.39 is 27.2 Å². The van der Waals surface area contributed by atoms with Crippen molar-refractivity contribution >= 4 is 40.6 Å². The van der Waals surface area contributed by atoms with Crippen LogP contribution in [0, 0.1) is 31.6 Å². The Hall–Kier alpha value is -4.55. The largest absolute Gasteiger partial charge is 0.423 e. The standard InChI is InChI=1S/C22H12ClN3O6/c23-18-6-4-15(5-7-18)17(13-24)8-14-2-1-3-21(9-14)32-22(27)16-10-19(25(28)29)12-20(11-16)26(30)31/h1-12H/b17-8-. The molecule has 0 aliphatic carbocycles. The van der Waals surface area contributed by atoms with E-state index in [-0.39, 0.29) is 11.3 Å². The number of nitro benzene ring substituents is 2. The highest BCUT2D eigenvalue weighted by Gasteiger charge is 2.21. The minimum Gasteiger partial charge on any atom is -0.423 e. The summed E-state index contributed by atoms with van der Waals surface area (Å²) >= 11 is 5.87. The van der Waals surface area contributed by atoms with Crippen molar-refractivity contribution in [2.45, 2.75) is 0 Å². The first-order valence-corrected chi connectivity index (χ1v) is 9.28. The van der Waals surface area contributed by atoms with Gasteiger partial charge < -0.3 is 4.74 Å². The van der Waals surface area contributed by atoms with Gasteiger partial charge in [0.25, 0.3) is 11.4 Å². The lowest BCUT2D eigenvalue weighted by Gasteiger charge is -2.06. The van der Waals surface area contributed by atoms with Crippen LogP contribution in [0.25, 0.3) is 11.6 Å². The summed E-state index contributed by atoms with van der Waals surface area (Å²) in [5.41, 5.74) is -0.0193. The SMILES string of the molecule is N#C/C(=C/c1cccc(OC(=O)c2cc([N+](=O)[O-])cc([N+](=O)[O-])c2)c1)c1ccc(Cl)cc1. The number of carbonyl (C=O) groups is 1. The van der Waals surface area contributed by atoms with Crippen molar-refractivity contribution in [2.75, 3.05) is 0 Å². The monoisotopic (exact) mass is 449 g/mol. The van der Waals surface area contributed by atoms with Crippen molar-refractivity contribution in [3.05, 3.63) is 109 Å². The van der Waals surface area contributed by atoms with Crippen molar-refractivity contribution in [3.8, 4) is 11.8 Å². The number of halogens is 1. The molecule has 10 heteroatoms. The Morgan fingerprint density at radius 1 is 0.938 bits per heavy atom. The molecule has 158 valence electrons. The minimum absolute atomic E-state index is 0.0892. The normalized spacial score (nSPS) is 10.8. The summed E-state index contributed by atoms with van der Waals surface area (Å²) in [6.07, 6.45) is 1.58. The molecule has 0 amide bonds. The summed E-state index contributed by atoms with van der Waals surface area (Å²) in [5.74, 6) is -0.914. The highest BCUT2D eigenvalue weighted by Crippen LogP contribution is 2.25. The third kappa shape index (κ3) is 5.33. The third-order valence-electron chi connectivity index (χ3n) is 4.22. The molecular weight excluding hydrogens is 438 g/mol. The van der Waals surface area contributed by atoms with Gasteiger partial charge in [0, 0.05) is 17.2 Å². The highest BCUT2D eigenvalue weighted by atomic mass is 35.5. The predicted molar refractivity (Wildman–Crippen MR) is 116 cm³/mol. The first-order chi connectivity index (χ1) is 15.3. The van der Waals surface area contributed by atoms with Crippen LogP contribution in [-0.2, 0) is 0 Å². The molecule has 0 aliphatic heterocycles. The number of non-ortho nitro benzene ring substituents is 2. The number of carbonyl (C=O) groups excluding carboxylic acids is 1. The second-order valence-electron chi connectivity index (χ2n) is 6.39. The maximum absolute atomic E-state index is 12.5. The second kappa shape index (κ2) is 9.51. The maximum atomic E-state index is 12.5. The highest BCUT2D eigenvalue weighted by molar-refractivity contribution is 6.30. The van der Waals surface area contributed by atoms with E-state index in [0.717, 1.165) is 18.2 Å². The number of rotatable bonds is 6. The van der Waals surface area contributed by atoms with E-state index in [2.05, 4.69) is 6.07 Å². The fraction of sp³-hybridized carbons (Fsp3) is 0. The van der Waals surface area contributed by atoms with E-state index in [4.69, 9.17) is 16.3 Å². The molecule has 0 aromatic heterocycles. The molecule has 3 aromatic rings. The Kier molecular flexibility index (Phi) is 6.58. The van der Waals surface area contributed by atoms with Crippen molar-refractivity contribution < 1.29 is 19.4 Å². The lowest BCUT2D eigenvalue weighted by atomic mass is 10.0. The van der Waals surface area contributed by atoms with Crippen LogP contribution in [0.5, 0.6) is 5.75 Å². The molecule has 0 radical (unpaired) electrons. The van der Waals surface area contributed by atoms with Gasteiger partial charge in [0.05, 0.1) is 33.1 Å². The molecule has 0 atom stereocenters. The van der Waals surface area contributed by atoms with Gasteiger partial charge in [0.2, 0.25) is 0 Å². The second-order valence-corrected chi connectivity index (χ2v) is 6.83. The zero-order valence-corrected chi connectivity index (χ0v) is 16.9. The lowest BCUT2D eigenvalue weighted by Crippen LogP contribution is -2.09. The number of nitro groups is 2. The molecule has 0 unspecified atom stereocenters. The van der Waals surface area contributed by atoms with Gasteiger partial charge in [0.1, 0.15) is 5.75 Å². The number of nitriles is 1. The Morgan fingerprint density at radius 3 is 2.12 bits per heavy atom. The number of ether oxygens (including phenoxy) is 1. The molecular formula is C22H12ClN3O6. The molecule has 0 spiro atoms. The smallest absolute Gasteiger partial charge is 0.344 e.